The summed E-state index contributed by atoms with van der Waals surface area (Å²) in [5.74, 6) is -0.433. The molecule has 0 amide bonds. The zero-order valence-electron chi connectivity index (χ0n) is 11.1. The Bertz CT molecular complexity index is 412. The third-order valence-corrected chi connectivity index (χ3v) is 2.51. The molecule has 2 nitrogen and oxygen atoms in total. The number of halogens is 2. The molecule has 0 aliphatic heterocycles. The van der Waals surface area contributed by atoms with Gasteiger partial charge >= 0.3 is 6.08 Å². The number of hydrogen-bond donors (Lipinski definition) is 0. The predicted octanol–water partition coefficient (Wildman–Crippen LogP) is 4.17. The fourth-order valence-electron chi connectivity index (χ4n) is 1.49. The smallest absolute Gasteiger partial charge is 0.312 e. The Morgan fingerprint density at radius 1 is 1.11 bits per heavy atom. The van der Waals surface area contributed by atoms with Crippen LogP contribution in [0, 0.1) is 0 Å². The highest BCUT2D eigenvalue weighted by Gasteiger charge is 2.15. The van der Waals surface area contributed by atoms with Crippen LogP contribution in [0.1, 0.15) is 31.9 Å². The third-order valence-electron chi connectivity index (χ3n) is 2.51. The Morgan fingerprint density at radius 3 is 2.06 bits per heavy atom. The molecule has 0 saturated carbocycles. The fraction of sp³-hybridized carbons (Fsp3) is 0.429. The lowest BCUT2D eigenvalue weighted by Crippen LogP contribution is -2.10. The first kappa shape index (κ1) is 14.6. The van der Waals surface area contributed by atoms with Crippen LogP contribution < -0.4 is 0 Å². The van der Waals surface area contributed by atoms with E-state index in [2.05, 4.69) is 25.5 Å². The van der Waals surface area contributed by atoms with Crippen LogP contribution in [0.25, 0.3) is 5.76 Å². The van der Waals surface area contributed by atoms with Crippen LogP contribution in [-0.2, 0) is 14.9 Å². The van der Waals surface area contributed by atoms with Crippen LogP contribution in [0.5, 0.6) is 0 Å². The maximum absolute atomic E-state index is 12.7. The van der Waals surface area contributed by atoms with Crippen molar-refractivity contribution in [1.82, 2.24) is 0 Å². The molecule has 0 spiro atoms. The second-order valence-electron chi connectivity index (χ2n) is 4.97. The summed E-state index contributed by atoms with van der Waals surface area (Å²) in [4.78, 5) is 0. The lowest BCUT2D eigenvalue weighted by Gasteiger charge is -2.19. The van der Waals surface area contributed by atoms with Gasteiger partial charge in [0.15, 0.2) is 12.6 Å². The highest BCUT2D eigenvalue weighted by molar-refractivity contribution is 5.60. The van der Waals surface area contributed by atoms with Crippen molar-refractivity contribution in [2.45, 2.75) is 26.2 Å². The number of rotatable bonds is 4. The molecule has 1 rings (SSSR count). The number of ether oxygens (including phenoxy) is 2. The molecule has 0 N–H and O–H groups in total. The number of methoxy groups -OCH3 is 1. The van der Waals surface area contributed by atoms with Crippen LogP contribution in [-0.4, -0.2) is 13.9 Å². The zero-order chi connectivity index (χ0) is 13.8. The average Bonchev–Trinajstić information content (AvgIpc) is 2.28. The first-order valence-corrected chi connectivity index (χ1v) is 5.64. The van der Waals surface area contributed by atoms with Gasteiger partial charge in [0.2, 0.25) is 0 Å². The number of benzene rings is 1. The monoisotopic (exact) mass is 256 g/mol. The van der Waals surface area contributed by atoms with Crippen molar-refractivity contribution < 1.29 is 18.3 Å². The minimum absolute atomic E-state index is 0.00987. The summed E-state index contributed by atoms with van der Waals surface area (Å²) in [5.41, 5.74) is 1.42. The molecule has 0 heterocycles. The summed E-state index contributed by atoms with van der Waals surface area (Å²) in [7, 11) is 1.39. The molecule has 1 aromatic rings. The molecular weight excluding hydrogens is 238 g/mol. The van der Waals surface area contributed by atoms with Crippen molar-refractivity contribution in [2.75, 3.05) is 13.9 Å². The van der Waals surface area contributed by atoms with Gasteiger partial charge in [0, 0.05) is 12.7 Å². The van der Waals surface area contributed by atoms with E-state index in [0.717, 1.165) is 5.56 Å². The quantitative estimate of drug-likeness (QED) is 0.594. The predicted molar refractivity (Wildman–Crippen MR) is 67.2 cm³/mol. The average molecular weight is 256 g/mol. The highest BCUT2D eigenvalue weighted by Crippen LogP contribution is 2.26. The molecule has 0 radical (unpaired) electrons. The third kappa shape index (κ3) is 3.81. The van der Waals surface area contributed by atoms with E-state index < -0.39 is 11.8 Å². The first-order valence-electron chi connectivity index (χ1n) is 5.64. The topological polar surface area (TPSA) is 18.5 Å². The highest BCUT2D eigenvalue weighted by atomic mass is 19.3. The largest absolute Gasteiger partial charge is 0.461 e. The van der Waals surface area contributed by atoms with Crippen LogP contribution in [0.15, 0.2) is 30.3 Å². The molecule has 0 saturated heterocycles. The van der Waals surface area contributed by atoms with Gasteiger partial charge in [-0.05, 0) is 11.0 Å². The van der Waals surface area contributed by atoms with E-state index >= 15 is 0 Å². The van der Waals surface area contributed by atoms with E-state index in [1.165, 1.54) is 7.11 Å². The fourth-order valence-corrected chi connectivity index (χ4v) is 1.49. The van der Waals surface area contributed by atoms with Gasteiger partial charge in [-0.15, -0.1) is 0 Å². The molecule has 0 aromatic heterocycles. The molecule has 100 valence electrons. The standard InChI is InChI=1S/C14H18F2O2/c1-14(2,3)11-7-5-10(6-8-11)12(13(15)16)18-9-17-4/h5-8H,9H2,1-4H3. The molecule has 0 fully saturated rings. The summed E-state index contributed by atoms with van der Waals surface area (Å²) in [6.45, 7) is 6.00. The van der Waals surface area contributed by atoms with E-state index in [0.29, 0.717) is 5.56 Å². The molecule has 18 heavy (non-hydrogen) atoms. The molecular formula is C14H18F2O2. The summed E-state index contributed by atoms with van der Waals surface area (Å²) in [6, 6.07) is 6.92. The van der Waals surface area contributed by atoms with Gasteiger partial charge in [-0.1, -0.05) is 45.0 Å². The van der Waals surface area contributed by atoms with Crippen LogP contribution in [0.4, 0.5) is 8.78 Å². The van der Waals surface area contributed by atoms with Gasteiger partial charge in [-0.2, -0.15) is 8.78 Å². The van der Waals surface area contributed by atoms with Crippen molar-refractivity contribution in [2.24, 2.45) is 0 Å². The molecule has 0 unspecified atom stereocenters. The molecule has 0 atom stereocenters. The van der Waals surface area contributed by atoms with E-state index in [4.69, 9.17) is 4.74 Å². The van der Waals surface area contributed by atoms with Crippen molar-refractivity contribution >= 4 is 5.76 Å². The summed E-state index contributed by atoms with van der Waals surface area (Å²) in [6.07, 6.45) is -1.85. The Balaban J connectivity index is 2.99. The second kappa shape index (κ2) is 5.96. The molecule has 0 aliphatic rings. The van der Waals surface area contributed by atoms with Gasteiger partial charge in [0.1, 0.15) is 0 Å². The second-order valence-corrected chi connectivity index (χ2v) is 4.97. The summed E-state index contributed by atoms with van der Waals surface area (Å²) in [5, 5.41) is 0. The van der Waals surface area contributed by atoms with E-state index in [9.17, 15) is 8.78 Å². The van der Waals surface area contributed by atoms with Crippen LogP contribution >= 0.6 is 0 Å². The van der Waals surface area contributed by atoms with Gasteiger partial charge in [-0.3, -0.25) is 0 Å². The number of hydrogen-bond acceptors (Lipinski definition) is 2. The Morgan fingerprint density at radius 2 is 1.67 bits per heavy atom. The lowest BCUT2D eigenvalue weighted by atomic mass is 9.86. The van der Waals surface area contributed by atoms with Crippen molar-refractivity contribution in [1.29, 1.82) is 0 Å². The first-order chi connectivity index (χ1) is 8.36. The van der Waals surface area contributed by atoms with Gasteiger partial charge in [0.25, 0.3) is 0 Å². The maximum Gasteiger partial charge on any atom is 0.312 e. The van der Waals surface area contributed by atoms with Gasteiger partial charge < -0.3 is 9.47 Å². The minimum atomic E-state index is -1.85. The van der Waals surface area contributed by atoms with Gasteiger partial charge in [0.05, 0.1) is 0 Å². The van der Waals surface area contributed by atoms with E-state index in [-0.39, 0.29) is 12.2 Å². The van der Waals surface area contributed by atoms with Crippen molar-refractivity contribution in [3.63, 3.8) is 0 Å². The minimum Gasteiger partial charge on any atom is -0.461 e. The lowest BCUT2D eigenvalue weighted by molar-refractivity contribution is 0.0283. The maximum atomic E-state index is 12.7. The van der Waals surface area contributed by atoms with Crippen molar-refractivity contribution in [3.05, 3.63) is 41.5 Å². The van der Waals surface area contributed by atoms with E-state index in [1.807, 2.05) is 12.1 Å². The zero-order valence-corrected chi connectivity index (χ0v) is 11.1. The Labute approximate surface area is 106 Å². The van der Waals surface area contributed by atoms with Crippen molar-refractivity contribution in [3.8, 4) is 0 Å². The Kier molecular flexibility index (Phi) is 4.84. The SMILES string of the molecule is COCOC(=C(F)F)c1ccc(C(C)(C)C)cc1. The summed E-state index contributed by atoms with van der Waals surface area (Å²) < 4.78 is 35.0. The molecule has 4 heteroatoms. The Hall–Kier alpha value is -1.42. The summed E-state index contributed by atoms with van der Waals surface area (Å²) >= 11 is 0. The molecule has 1 aromatic carbocycles. The van der Waals surface area contributed by atoms with Crippen LogP contribution in [0.3, 0.4) is 0 Å². The van der Waals surface area contributed by atoms with Crippen LogP contribution in [0.2, 0.25) is 0 Å². The molecule has 0 aliphatic carbocycles. The normalized spacial score (nSPS) is 11.2. The van der Waals surface area contributed by atoms with E-state index in [1.54, 1.807) is 12.1 Å². The van der Waals surface area contributed by atoms with Gasteiger partial charge in [-0.25, -0.2) is 0 Å². The molecule has 0 bridgehead atoms.